The van der Waals surface area contributed by atoms with Gasteiger partial charge in [0.1, 0.15) is 6.20 Å². The van der Waals surface area contributed by atoms with Gasteiger partial charge in [-0.3, -0.25) is 0 Å². The van der Waals surface area contributed by atoms with Crippen molar-refractivity contribution in [3.63, 3.8) is 0 Å². The molecular weight excluding hydrogens is 162 g/mol. The van der Waals surface area contributed by atoms with E-state index in [1.54, 1.807) is 13.8 Å². The van der Waals surface area contributed by atoms with Gasteiger partial charge in [0.05, 0.1) is 0 Å². The minimum Gasteiger partial charge on any atom is -0.397 e. The van der Waals surface area contributed by atoms with Gasteiger partial charge in [-0.25, -0.2) is 9.97 Å². The largest absolute Gasteiger partial charge is 0.397 e. The summed E-state index contributed by atoms with van der Waals surface area (Å²) in [6.07, 6.45) is 1.19. The number of aliphatic hydroxyl groups excluding tert-OH is 1. The molecule has 0 spiro atoms. The highest BCUT2D eigenvalue weighted by Gasteiger charge is 2.04. The van der Waals surface area contributed by atoms with E-state index < -0.39 is 4.92 Å². The molecular formula is C6H11N3O3. The molecule has 1 heterocycles. The van der Waals surface area contributed by atoms with Crippen LogP contribution >= 0.6 is 0 Å². The molecule has 1 aromatic rings. The molecule has 0 aliphatic rings. The van der Waals surface area contributed by atoms with Gasteiger partial charge in [-0.2, -0.15) is 0 Å². The highest BCUT2D eigenvalue weighted by Crippen LogP contribution is 2.03. The van der Waals surface area contributed by atoms with Crippen molar-refractivity contribution in [2.45, 2.75) is 13.8 Å². The van der Waals surface area contributed by atoms with Gasteiger partial charge in [0.2, 0.25) is 0 Å². The van der Waals surface area contributed by atoms with E-state index in [1.165, 1.54) is 6.20 Å². The lowest BCUT2D eigenvalue weighted by atomic mass is 10.7. The molecule has 0 amide bonds. The number of aliphatic hydroxyl groups is 1. The summed E-state index contributed by atoms with van der Waals surface area (Å²) in [5.74, 6) is 0.495. The summed E-state index contributed by atoms with van der Waals surface area (Å²) in [5.41, 5.74) is 0. The van der Waals surface area contributed by atoms with Crippen molar-refractivity contribution >= 4 is 5.82 Å². The Morgan fingerprint density at radius 2 is 2.33 bits per heavy atom. The third kappa shape index (κ3) is 3.67. The first-order valence-corrected chi connectivity index (χ1v) is 3.38. The maximum atomic E-state index is 9.95. The van der Waals surface area contributed by atoms with E-state index in [2.05, 4.69) is 9.97 Å². The summed E-state index contributed by atoms with van der Waals surface area (Å²) in [7, 11) is 0. The predicted octanol–water partition coefficient (Wildman–Crippen LogP) is 0.625. The van der Waals surface area contributed by atoms with Crippen LogP contribution in [0.1, 0.15) is 12.7 Å². The van der Waals surface area contributed by atoms with Crippen molar-refractivity contribution in [2.75, 3.05) is 6.61 Å². The van der Waals surface area contributed by atoms with Gasteiger partial charge in [-0.05, 0) is 11.8 Å². The number of nitrogens with zero attached hydrogens (tertiary/aromatic N) is 2. The fourth-order valence-corrected chi connectivity index (χ4v) is 0.501. The van der Waals surface area contributed by atoms with Gasteiger partial charge in [0, 0.05) is 13.5 Å². The Hall–Kier alpha value is -1.43. The number of rotatable bonds is 1. The summed E-state index contributed by atoms with van der Waals surface area (Å²) >= 11 is 0. The van der Waals surface area contributed by atoms with Gasteiger partial charge >= 0.3 is 5.82 Å². The van der Waals surface area contributed by atoms with Gasteiger partial charge in [0.15, 0.2) is 5.82 Å². The SMILES string of the molecule is CCO.Cc1ncc([N+](=O)[O-])[nH]1. The van der Waals surface area contributed by atoms with E-state index >= 15 is 0 Å². The Labute approximate surface area is 69.4 Å². The number of imidazole rings is 1. The fourth-order valence-electron chi connectivity index (χ4n) is 0.501. The van der Waals surface area contributed by atoms with E-state index in [4.69, 9.17) is 5.11 Å². The van der Waals surface area contributed by atoms with Gasteiger partial charge in [-0.15, -0.1) is 0 Å². The van der Waals surface area contributed by atoms with Crippen LogP contribution in [0.3, 0.4) is 0 Å². The molecule has 6 nitrogen and oxygen atoms in total. The van der Waals surface area contributed by atoms with E-state index in [9.17, 15) is 10.1 Å². The molecule has 12 heavy (non-hydrogen) atoms. The first kappa shape index (κ1) is 10.6. The molecule has 6 heteroatoms. The van der Waals surface area contributed by atoms with E-state index in [0.29, 0.717) is 5.82 Å². The molecule has 1 aromatic heterocycles. The van der Waals surface area contributed by atoms with Crippen molar-refractivity contribution in [3.8, 4) is 0 Å². The monoisotopic (exact) mass is 173 g/mol. The van der Waals surface area contributed by atoms with Crippen molar-refractivity contribution < 1.29 is 10.0 Å². The predicted molar refractivity (Wildman–Crippen MR) is 42.7 cm³/mol. The molecule has 0 aliphatic heterocycles. The zero-order chi connectivity index (χ0) is 9.56. The highest BCUT2D eigenvalue weighted by molar-refractivity contribution is 5.13. The highest BCUT2D eigenvalue weighted by atomic mass is 16.6. The summed E-state index contributed by atoms with van der Waals surface area (Å²) < 4.78 is 0. The van der Waals surface area contributed by atoms with Crippen LogP contribution in [0.4, 0.5) is 5.82 Å². The third-order valence-corrected chi connectivity index (χ3v) is 0.886. The van der Waals surface area contributed by atoms with Crippen LogP contribution in [-0.2, 0) is 0 Å². The molecule has 0 aliphatic carbocycles. The lowest BCUT2D eigenvalue weighted by molar-refractivity contribution is -0.389. The number of aromatic amines is 1. The standard InChI is InChI=1S/C4H5N3O2.C2H6O/c1-3-5-2-4(6-3)7(8)9;1-2-3/h2H,1H3,(H,5,6);3H,2H2,1H3. The van der Waals surface area contributed by atoms with Crippen LogP contribution in [0.5, 0.6) is 0 Å². The summed E-state index contributed by atoms with van der Waals surface area (Å²) in [5, 5.41) is 17.5. The second kappa shape index (κ2) is 5.25. The maximum absolute atomic E-state index is 9.95. The summed E-state index contributed by atoms with van der Waals surface area (Å²) in [6, 6.07) is 0. The Morgan fingerprint density at radius 1 is 1.83 bits per heavy atom. The number of H-pyrrole nitrogens is 1. The number of nitro groups is 1. The molecule has 0 unspecified atom stereocenters. The lowest BCUT2D eigenvalue weighted by Gasteiger charge is -1.83. The van der Waals surface area contributed by atoms with E-state index in [0.717, 1.165) is 0 Å². The molecule has 0 atom stereocenters. The summed E-state index contributed by atoms with van der Waals surface area (Å²) in [4.78, 5) is 15.5. The van der Waals surface area contributed by atoms with E-state index in [-0.39, 0.29) is 12.4 Å². The number of hydrogen-bond donors (Lipinski definition) is 2. The van der Waals surface area contributed by atoms with Crippen LogP contribution in [0.2, 0.25) is 0 Å². The zero-order valence-electron chi connectivity index (χ0n) is 6.94. The molecule has 1 rings (SSSR count). The normalized spacial score (nSPS) is 8.58. The van der Waals surface area contributed by atoms with Crippen molar-refractivity contribution in [2.24, 2.45) is 0 Å². The van der Waals surface area contributed by atoms with Crippen molar-refractivity contribution in [1.82, 2.24) is 9.97 Å². The topological polar surface area (TPSA) is 92.1 Å². The zero-order valence-corrected chi connectivity index (χ0v) is 6.94. The Morgan fingerprint density at radius 3 is 2.50 bits per heavy atom. The number of nitrogens with one attached hydrogen (secondary N) is 1. The van der Waals surface area contributed by atoms with Crippen LogP contribution in [0.25, 0.3) is 0 Å². The van der Waals surface area contributed by atoms with Crippen molar-refractivity contribution in [1.29, 1.82) is 0 Å². The van der Waals surface area contributed by atoms with Crippen LogP contribution in [0.15, 0.2) is 6.20 Å². The number of hydrogen-bond acceptors (Lipinski definition) is 4. The molecule has 0 saturated heterocycles. The average molecular weight is 173 g/mol. The first-order valence-electron chi connectivity index (χ1n) is 3.38. The minimum absolute atomic E-state index is 0.0625. The molecule has 2 N–H and O–H groups in total. The second-order valence-electron chi connectivity index (χ2n) is 1.93. The van der Waals surface area contributed by atoms with Crippen LogP contribution in [0, 0.1) is 17.0 Å². The molecule has 0 radical (unpaired) electrons. The minimum atomic E-state index is -0.514. The molecule has 68 valence electrons. The Balaban J connectivity index is 0.000000354. The molecule has 0 bridgehead atoms. The average Bonchev–Trinajstić information content (AvgIpc) is 2.37. The van der Waals surface area contributed by atoms with Crippen LogP contribution in [-0.4, -0.2) is 26.6 Å². The molecule has 0 fully saturated rings. The van der Waals surface area contributed by atoms with Gasteiger partial charge in [0.25, 0.3) is 0 Å². The molecule has 0 saturated carbocycles. The smallest absolute Gasteiger partial charge is 0.340 e. The van der Waals surface area contributed by atoms with Crippen LogP contribution < -0.4 is 0 Å². The molecule has 0 aromatic carbocycles. The number of aryl methyl sites for hydroxylation is 1. The quantitative estimate of drug-likeness (QED) is 0.481. The number of aromatic nitrogens is 2. The van der Waals surface area contributed by atoms with Crippen molar-refractivity contribution in [3.05, 3.63) is 22.1 Å². The van der Waals surface area contributed by atoms with E-state index in [1.807, 2.05) is 0 Å². The second-order valence-corrected chi connectivity index (χ2v) is 1.93. The Bertz CT molecular complexity index is 246. The van der Waals surface area contributed by atoms with Gasteiger partial charge in [-0.1, -0.05) is 0 Å². The first-order chi connectivity index (χ1) is 5.61. The fraction of sp³-hybridized carbons (Fsp3) is 0.500. The summed E-state index contributed by atoms with van der Waals surface area (Å²) in [6.45, 7) is 3.59. The lowest BCUT2D eigenvalue weighted by Crippen LogP contribution is -1.86. The maximum Gasteiger partial charge on any atom is 0.340 e. The third-order valence-electron chi connectivity index (χ3n) is 0.886. The van der Waals surface area contributed by atoms with Gasteiger partial charge < -0.3 is 15.2 Å². The Kier molecular flexibility index (Phi) is 4.62.